The van der Waals surface area contributed by atoms with Crippen LogP contribution in [0.2, 0.25) is 0 Å². The fourth-order valence-electron chi connectivity index (χ4n) is 1.37. The highest BCUT2D eigenvalue weighted by atomic mass is 32.1. The summed E-state index contributed by atoms with van der Waals surface area (Å²) in [6, 6.07) is 4.13. The van der Waals surface area contributed by atoms with E-state index in [0.29, 0.717) is 4.70 Å². The fraction of sp³-hybridized carbons (Fsp3) is 0.100. The van der Waals surface area contributed by atoms with Crippen LogP contribution in [0.3, 0.4) is 0 Å². The first-order chi connectivity index (χ1) is 6.58. The number of hydrogen-bond donors (Lipinski definition) is 2. The molecule has 0 atom stereocenters. The summed E-state index contributed by atoms with van der Waals surface area (Å²) in [4.78, 5) is 12.4. The van der Waals surface area contributed by atoms with Crippen LogP contribution >= 0.6 is 11.3 Å². The van der Waals surface area contributed by atoms with E-state index in [2.05, 4.69) is 0 Å². The van der Waals surface area contributed by atoms with Gasteiger partial charge in [0.2, 0.25) is 0 Å². The lowest BCUT2D eigenvalue weighted by Gasteiger charge is -2.01. The van der Waals surface area contributed by atoms with E-state index in [9.17, 15) is 15.0 Å². The second-order valence-electron chi connectivity index (χ2n) is 3.06. The molecular formula is C10H8O3S. The van der Waals surface area contributed by atoms with E-state index in [1.807, 2.05) is 6.92 Å². The van der Waals surface area contributed by atoms with Gasteiger partial charge in [-0.2, -0.15) is 0 Å². The Morgan fingerprint density at radius 2 is 1.93 bits per heavy atom. The number of aromatic hydroxyl groups is 2. The Balaban J connectivity index is 3.02. The molecule has 0 bridgehead atoms. The van der Waals surface area contributed by atoms with Crippen LogP contribution in [0.15, 0.2) is 23.0 Å². The van der Waals surface area contributed by atoms with Crippen molar-refractivity contribution in [3.05, 3.63) is 33.3 Å². The highest BCUT2D eigenvalue weighted by molar-refractivity contribution is 7.18. The van der Waals surface area contributed by atoms with E-state index in [1.165, 1.54) is 29.5 Å². The molecule has 0 aliphatic heterocycles. The number of phenolic OH excluding ortho intramolecular Hbond substituents is 2. The third-order valence-electron chi connectivity index (χ3n) is 1.92. The molecule has 0 spiro atoms. The molecule has 2 aromatic rings. The molecule has 0 aliphatic carbocycles. The molecule has 0 saturated heterocycles. The SMILES string of the molecule is Cc1cc(=O)c2c(O)cc(O)cc2s1. The maximum atomic E-state index is 11.5. The third kappa shape index (κ3) is 1.33. The van der Waals surface area contributed by atoms with E-state index in [4.69, 9.17) is 0 Å². The molecule has 1 heterocycles. The van der Waals surface area contributed by atoms with Gasteiger partial charge in [0.1, 0.15) is 11.5 Å². The molecule has 72 valence electrons. The monoisotopic (exact) mass is 208 g/mol. The van der Waals surface area contributed by atoms with Crippen LogP contribution in [0, 0.1) is 6.92 Å². The zero-order valence-corrected chi connectivity index (χ0v) is 8.26. The Morgan fingerprint density at radius 3 is 2.64 bits per heavy atom. The Bertz CT molecular complexity index is 552. The van der Waals surface area contributed by atoms with Crippen LogP contribution in [-0.4, -0.2) is 10.2 Å². The summed E-state index contributed by atoms with van der Waals surface area (Å²) < 4.78 is 0.604. The van der Waals surface area contributed by atoms with Gasteiger partial charge in [0.05, 0.1) is 5.39 Å². The smallest absolute Gasteiger partial charge is 0.192 e. The Labute approximate surface area is 83.9 Å². The molecule has 1 aromatic heterocycles. The van der Waals surface area contributed by atoms with Crippen molar-refractivity contribution in [1.29, 1.82) is 0 Å². The second kappa shape index (κ2) is 2.99. The van der Waals surface area contributed by atoms with E-state index >= 15 is 0 Å². The van der Waals surface area contributed by atoms with Crippen molar-refractivity contribution in [3.63, 3.8) is 0 Å². The van der Waals surface area contributed by atoms with Gasteiger partial charge in [-0.1, -0.05) is 0 Å². The van der Waals surface area contributed by atoms with Gasteiger partial charge in [-0.25, -0.2) is 0 Å². The maximum absolute atomic E-state index is 11.5. The van der Waals surface area contributed by atoms with Crippen LogP contribution in [0.1, 0.15) is 4.88 Å². The van der Waals surface area contributed by atoms with Crippen LogP contribution in [0.25, 0.3) is 10.1 Å². The first-order valence-electron chi connectivity index (χ1n) is 4.04. The second-order valence-corrected chi connectivity index (χ2v) is 4.35. The zero-order valence-electron chi connectivity index (χ0n) is 7.44. The van der Waals surface area contributed by atoms with Crippen molar-refractivity contribution in [2.75, 3.05) is 0 Å². The Kier molecular flexibility index (Phi) is 1.93. The number of benzene rings is 1. The molecular weight excluding hydrogens is 200 g/mol. The minimum Gasteiger partial charge on any atom is -0.508 e. The number of hydrogen-bond acceptors (Lipinski definition) is 4. The number of phenols is 2. The van der Waals surface area contributed by atoms with Crippen molar-refractivity contribution in [3.8, 4) is 11.5 Å². The summed E-state index contributed by atoms with van der Waals surface area (Å²) in [6.45, 7) is 1.81. The number of fused-ring (bicyclic) bond motifs is 1. The topological polar surface area (TPSA) is 57.5 Å². The minimum atomic E-state index is -0.214. The summed E-state index contributed by atoms with van der Waals surface area (Å²) in [6.07, 6.45) is 0. The van der Waals surface area contributed by atoms with Gasteiger partial charge in [-0.3, -0.25) is 4.79 Å². The van der Waals surface area contributed by atoms with Gasteiger partial charge in [0.15, 0.2) is 5.43 Å². The maximum Gasteiger partial charge on any atom is 0.192 e. The molecule has 0 unspecified atom stereocenters. The summed E-state index contributed by atoms with van der Waals surface area (Å²) in [5.41, 5.74) is -0.214. The standard InChI is InChI=1S/C10H8O3S/c1-5-2-7(12)10-8(13)3-6(11)4-9(10)14-5/h2-4,11,13H,1H3. The fourth-order valence-corrected chi connectivity index (χ4v) is 2.37. The average Bonchev–Trinajstić information content (AvgIpc) is 1.99. The molecule has 0 amide bonds. The first-order valence-corrected chi connectivity index (χ1v) is 4.86. The van der Waals surface area contributed by atoms with E-state index in [0.717, 1.165) is 4.88 Å². The lowest BCUT2D eigenvalue weighted by molar-refractivity contribution is 0.455. The number of aryl methyl sites for hydroxylation is 1. The van der Waals surface area contributed by atoms with E-state index < -0.39 is 0 Å². The van der Waals surface area contributed by atoms with Crippen molar-refractivity contribution in [2.24, 2.45) is 0 Å². The summed E-state index contributed by atoms with van der Waals surface area (Å²) in [7, 11) is 0. The van der Waals surface area contributed by atoms with Gasteiger partial charge >= 0.3 is 0 Å². The predicted molar refractivity (Wildman–Crippen MR) is 56.2 cm³/mol. The molecule has 14 heavy (non-hydrogen) atoms. The summed E-state index contributed by atoms with van der Waals surface area (Å²) >= 11 is 1.36. The summed E-state index contributed by atoms with van der Waals surface area (Å²) in [5, 5.41) is 19.0. The highest BCUT2D eigenvalue weighted by Gasteiger charge is 2.07. The summed E-state index contributed by atoms with van der Waals surface area (Å²) in [5.74, 6) is -0.197. The van der Waals surface area contributed by atoms with Gasteiger partial charge in [-0.05, 0) is 19.1 Å². The largest absolute Gasteiger partial charge is 0.508 e. The van der Waals surface area contributed by atoms with Gasteiger partial charge in [0, 0.05) is 15.6 Å². The lowest BCUT2D eigenvalue weighted by Crippen LogP contribution is -1.98. The Morgan fingerprint density at radius 1 is 1.21 bits per heavy atom. The van der Waals surface area contributed by atoms with Gasteiger partial charge in [-0.15, -0.1) is 11.3 Å². The molecule has 3 nitrogen and oxygen atoms in total. The highest BCUT2D eigenvalue weighted by Crippen LogP contribution is 2.30. The molecule has 1 aromatic carbocycles. The number of rotatable bonds is 0. The van der Waals surface area contributed by atoms with Gasteiger partial charge in [0.25, 0.3) is 0 Å². The first kappa shape index (κ1) is 9.02. The quantitative estimate of drug-likeness (QED) is 0.696. The minimum absolute atomic E-state index is 0.0312. The third-order valence-corrected chi connectivity index (χ3v) is 2.90. The van der Waals surface area contributed by atoms with Crippen molar-refractivity contribution in [2.45, 2.75) is 6.92 Å². The van der Waals surface area contributed by atoms with Gasteiger partial charge < -0.3 is 10.2 Å². The molecule has 0 radical (unpaired) electrons. The molecule has 2 N–H and O–H groups in total. The molecule has 2 rings (SSSR count). The van der Waals surface area contributed by atoms with E-state index in [-0.39, 0.29) is 22.3 Å². The molecule has 0 saturated carbocycles. The van der Waals surface area contributed by atoms with Crippen molar-refractivity contribution < 1.29 is 10.2 Å². The predicted octanol–water partition coefficient (Wildman–Crippen LogP) is 1.98. The Hall–Kier alpha value is -1.55. The van der Waals surface area contributed by atoms with Crippen LogP contribution < -0.4 is 5.43 Å². The molecule has 0 fully saturated rings. The average molecular weight is 208 g/mol. The van der Waals surface area contributed by atoms with Crippen molar-refractivity contribution in [1.82, 2.24) is 0 Å². The molecule has 4 heteroatoms. The van der Waals surface area contributed by atoms with Crippen LogP contribution in [0.4, 0.5) is 0 Å². The van der Waals surface area contributed by atoms with E-state index in [1.54, 1.807) is 0 Å². The lowest BCUT2D eigenvalue weighted by atomic mass is 10.2. The molecule has 0 aliphatic rings. The van der Waals surface area contributed by atoms with Crippen molar-refractivity contribution >= 4 is 21.4 Å². The normalized spacial score (nSPS) is 10.6. The van der Waals surface area contributed by atoms with Crippen LogP contribution in [0.5, 0.6) is 11.5 Å². The van der Waals surface area contributed by atoms with Crippen LogP contribution in [-0.2, 0) is 0 Å². The zero-order chi connectivity index (χ0) is 10.3.